The Morgan fingerprint density at radius 2 is 1.89 bits per heavy atom. The van der Waals surface area contributed by atoms with Gasteiger partial charge in [0.15, 0.2) is 5.65 Å². The monoisotopic (exact) mass is 258 g/mol. The molecule has 3 rings (SSSR count). The Morgan fingerprint density at radius 1 is 1.21 bits per heavy atom. The molecule has 2 aromatic heterocycles. The number of aliphatic hydroxyl groups is 1. The lowest BCUT2D eigenvalue weighted by atomic mass is 10.1. The molecule has 0 spiro atoms. The summed E-state index contributed by atoms with van der Waals surface area (Å²) >= 11 is 0. The second kappa shape index (κ2) is 5.45. The zero-order chi connectivity index (χ0) is 13.8. The van der Waals surface area contributed by atoms with Gasteiger partial charge >= 0.3 is 0 Å². The summed E-state index contributed by atoms with van der Waals surface area (Å²) in [6, 6.07) is 9.61. The first-order valence-corrected chi connectivity index (χ1v) is 5.68. The van der Waals surface area contributed by atoms with E-state index in [0.29, 0.717) is 16.7 Å². The number of aryl methyl sites for hydroxylation is 1. The first kappa shape index (κ1) is 13.0. The molecule has 98 valence electrons. The fraction of sp³-hybridized carbons (Fsp3) is 0.154. The molecule has 0 radical (unpaired) electrons. The number of aromatic amines is 1. The summed E-state index contributed by atoms with van der Waals surface area (Å²) in [5.74, 6) is 0. The number of fused-ring (bicyclic) bond motifs is 1. The van der Waals surface area contributed by atoms with Crippen LogP contribution in [-0.2, 0) is 7.05 Å². The molecule has 2 N–H and O–H groups in total. The lowest BCUT2D eigenvalue weighted by Gasteiger charge is -1.95. The van der Waals surface area contributed by atoms with Gasteiger partial charge in [-0.2, -0.15) is 5.10 Å². The highest BCUT2D eigenvalue weighted by Gasteiger charge is 2.14. The van der Waals surface area contributed by atoms with E-state index >= 15 is 0 Å². The fourth-order valence-corrected chi connectivity index (χ4v) is 1.89. The van der Waals surface area contributed by atoms with Crippen LogP contribution in [0.1, 0.15) is 0 Å². The van der Waals surface area contributed by atoms with Gasteiger partial charge in [0, 0.05) is 19.7 Å². The van der Waals surface area contributed by atoms with Crippen LogP contribution in [0.4, 0.5) is 0 Å². The van der Waals surface area contributed by atoms with E-state index in [1.54, 1.807) is 11.7 Å². The Labute approximate surface area is 109 Å². The lowest BCUT2D eigenvalue weighted by molar-refractivity contribution is 0.399. The third-order valence-corrected chi connectivity index (χ3v) is 2.67. The number of benzene rings is 1. The number of hydrogen-bond acceptors (Lipinski definition) is 4. The minimum absolute atomic E-state index is 0.165. The Bertz CT molecular complexity index is 731. The molecule has 0 aliphatic carbocycles. The van der Waals surface area contributed by atoms with E-state index in [0.717, 1.165) is 12.7 Å². The SMILES string of the molecule is CO.Cn1nc(-c2ccccc2)c2c(=O)[nH]cnc21. The van der Waals surface area contributed by atoms with Crippen LogP contribution in [0.5, 0.6) is 0 Å². The molecule has 0 saturated heterocycles. The molecule has 1 aromatic carbocycles. The van der Waals surface area contributed by atoms with Crippen molar-refractivity contribution in [3.8, 4) is 11.3 Å². The van der Waals surface area contributed by atoms with Gasteiger partial charge < -0.3 is 10.1 Å². The van der Waals surface area contributed by atoms with Crippen LogP contribution >= 0.6 is 0 Å². The molecule has 0 fully saturated rings. The van der Waals surface area contributed by atoms with E-state index in [2.05, 4.69) is 15.1 Å². The molecular weight excluding hydrogens is 244 g/mol. The number of aliphatic hydroxyl groups excluding tert-OH is 1. The molecule has 0 saturated carbocycles. The third-order valence-electron chi connectivity index (χ3n) is 2.67. The number of nitrogens with one attached hydrogen (secondary N) is 1. The topological polar surface area (TPSA) is 83.8 Å². The van der Waals surface area contributed by atoms with Crippen molar-refractivity contribution in [1.29, 1.82) is 0 Å². The highest BCUT2D eigenvalue weighted by atomic mass is 16.2. The molecule has 0 unspecified atom stereocenters. The molecule has 0 amide bonds. The highest BCUT2D eigenvalue weighted by molar-refractivity contribution is 5.90. The molecule has 19 heavy (non-hydrogen) atoms. The zero-order valence-corrected chi connectivity index (χ0v) is 10.7. The van der Waals surface area contributed by atoms with Crippen LogP contribution in [0.25, 0.3) is 22.3 Å². The minimum atomic E-state index is -0.165. The van der Waals surface area contributed by atoms with Gasteiger partial charge in [0.25, 0.3) is 5.56 Å². The van der Waals surface area contributed by atoms with Gasteiger partial charge in [-0.3, -0.25) is 4.79 Å². The van der Waals surface area contributed by atoms with Crippen molar-refractivity contribution in [2.45, 2.75) is 0 Å². The summed E-state index contributed by atoms with van der Waals surface area (Å²) < 4.78 is 1.62. The van der Waals surface area contributed by atoms with E-state index in [9.17, 15) is 4.79 Å². The minimum Gasteiger partial charge on any atom is -0.400 e. The van der Waals surface area contributed by atoms with Crippen molar-refractivity contribution >= 4 is 11.0 Å². The second-order valence-electron chi connectivity index (χ2n) is 3.77. The normalized spacial score (nSPS) is 10.1. The van der Waals surface area contributed by atoms with E-state index in [-0.39, 0.29) is 5.56 Å². The van der Waals surface area contributed by atoms with E-state index in [1.165, 1.54) is 6.33 Å². The molecule has 6 heteroatoms. The first-order valence-electron chi connectivity index (χ1n) is 5.68. The van der Waals surface area contributed by atoms with Gasteiger partial charge in [0.05, 0.1) is 6.33 Å². The van der Waals surface area contributed by atoms with Crippen molar-refractivity contribution < 1.29 is 5.11 Å². The van der Waals surface area contributed by atoms with Crippen LogP contribution < -0.4 is 5.56 Å². The van der Waals surface area contributed by atoms with Crippen molar-refractivity contribution in [2.24, 2.45) is 7.05 Å². The smallest absolute Gasteiger partial charge is 0.262 e. The quantitative estimate of drug-likeness (QED) is 0.680. The maximum absolute atomic E-state index is 11.8. The molecule has 6 nitrogen and oxygen atoms in total. The molecule has 0 aliphatic rings. The second-order valence-corrected chi connectivity index (χ2v) is 3.77. The summed E-state index contributed by atoms with van der Waals surface area (Å²) in [6.07, 6.45) is 1.39. The van der Waals surface area contributed by atoms with Crippen molar-refractivity contribution in [2.75, 3.05) is 7.11 Å². The average Bonchev–Trinajstić information content (AvgIpc) is 2.81. The highest BCUT2D eigenvalue weighted by Crippen LogP contribution is 2.22. The molecule has 2 heterocycles. The van der Waals surface area contributed by atoms with Crippen molar-refractivity contribution in [3.63, 3.8) is 0 Å². The standard InChI is InChI=1S/C12H10N4O.CH4O/c1-16-11-9(12(17)14-7-13-11)10(15-16)8-5-3-2-4-6-8;1-2/h2-7H,1H3,(H,13,14,17);2H,1H3. The largest absolute Gasteiger partial charge is 0.400 e. The Kier molecular flexibility index (Phi) is 3.72. The molecule has 3 aromatic rings. The number of H-pyrrole nitrogens is 1. The maximum atomic E-state index is 11.8. The maximum Gasteiger partial charge on any atom is 0.262 e. The van der Waals surface area contributed by atoms with Crippen LogP contribution in [0.2, 0.25) is 0 Å². The number of aromatic nitrogens is 4. The summed E-state index contributed by atoms with van der Waals surface area (Å²) in [5, 5.41) is 11.9. The van der Waals surface area contributed by atoms with E-state index in [1.807, 2.05) is 30.3 Å². The van der Waals surface area contributed by atoms with Crippen LogP contribution in [0.3, 0.4) is 0 Å². The van der Waals surface area contributed by atoms with Crippen molar-refractivity contribution in [3.05, 3.63) is 47.0 Å². The van der Waals surface area contributed by atoms with Crippen LogP contribution in [0, 0.1) is 0 Å². The molecule has 0 aliphatic heterocycles. The van der Waals surface area contributed by atoms with Crippen LogP contribution in [-0.4, -0.2) is 32.0 Å². The Hall–Kier alpha value is -2.47. The fourth-order valence-electron chi connectivity index (χ4n) is 1.89. The van der Waals surface area contributed by atoms with Gasteiger partial charge in [-0.15, -0.1) is 0 Å². The number of hydrogen-bond donors (Lipinski definition) is 2. The van der Waals surface area contributed by atoms with Gasteiger partial charge in [-0.05, 0) is 0 Å². The molecular formula is C13H14N4O2. The average molecular weight is 258 g/mol. The zero-order valence-electron chi connectivity index (χ0n) is 10.7. The van der Waals surface area contributed by atoms with Crippen LogP contribution in [0.15, 0.2) is 41.5 Å². The predicted molar refractivity (Wildman–Crippen MR) is 72.7 cm³/mol. The number of nitrogens with zero attached hydrogens (tertiary/aromatic N) is 3. The lowest BCUT2D eigenvalue weighted by Crippen LogP contribution is -2.06. The third kappa shape index (κ3) is 2.25. The summed E-state index contributed by atoms with van der Waals surface area (Å²) in [7, 11) is 2.78. The first-order chi connectivity index (χ1) is 9.27. The predicted octanol–water partition coefficient (Wildman–Crippen LogP) is 0.932. The van der Waals surface area contributed by atoms with Crippen molar-refractivity contribution in [1.82, 2.24) is 19.7 Å². The van der Waals surface area contributed by atoms with Gasteiger partial charge in [-0.25, -0.2) is 9.67 Å². The van der Waals surface area contributed by atoms with E-state index < -0.39 is 0 Å². The summed E-state index contributed by atoms with van der Waals surface area (Å²) in [6.45, 7) is 0. The number of rotatable bonds is 1. The summed E-state index contributed by atoms with van der Waals surface area (Å²) in [5.41, 5.74) is 2.00. The Morgan fingerprint density at radius 3 is 2.58 bits per heavy atom. The van der Waals surface area contributed by atoms with Gasteiger partial charge in [-0.1, -0.05) is 30.3 Å². The Balaban J connectivity index is 0.000000637. The van der Waals surface area contributed by atoms with Gasteiger partial charge in [0.2, 0.25) is 0 Å². The van der Waals surface area contributed by atoms with Gasteiger partial charge in [0.1, 0.15) is 11.1 Å². The summed E-state index contributed by atoms with van der Waals surface area (Å²) in [4.78, 5) is 18.5. The molecule has 0 bridgehead atoms. The molecule has 0 atom stereocenters. The van der Waals surface area contributed by atoms with E-state index in [4.69, 9.17) is 5.11 Å².